The van der Waals surface area contributed by atoms with Gasteiger partial charge in [0.1, 0.15) is 0 Å². The van der Waals surface area contributed by atoms with Crippen LogP contribution >= 0.6 is 0 Å². The number of likely N-dealkylation sites (tertiary alicyclic amines) is 1. The molecule has 0 bridgehead atoms. The van der Waals surface area contributed by atoms with E-state index in [4.69, 9.17) is 0 Å². The summed E-state index contributed by atoms with van der Waals surface area (Å²) >= 11 is 0. The maximum atomic E-state index is 4.27. The van der Waals surface area contributed by atoms with E-state index in [1.54, 1.807) is 0 Å². The Hall–Kier alpha value is -1.56. The van der Waals surface area contributed by atoms with Crippen LogP contribution in [0.5, 0.6) is 0 Å². The van der Waals surface area contributed by atoms with E-state index < -0.39 is 0 Å². The molecule has 112 valence electrons. The summed E-state index contributed by atoms with van der Waals surface area (Å²) in [6.07, 6.45) is 4.41. The maximum absolute atomic E-state index is 4.27. The molecular formula is C14H26N6. The summed E-state index contributed by atoms with van der Waals surface area (Å²) in [5.74, 6) is 1.57. The highest BCUT2D eigenvalue weighted by Crippen LogP contribution is 2.13. The van der Waals surface area contributed by atoms with Crippen molar-refractivity contribution in [2.24, 2.45) is 18.0 Å². The molecule has 1 fully saturated rings. The third-order valence-corrected chi connectivity index (χ3v) is 3.86. The van der Waals surface area contributed by atoms with E-state index in [1.165, 1.54) is 25.9 Å². The minimum Gasteiger partial charge on any atom is -0.356 e. The van der Waals surface area contributed by atoms with Crippen molar-refractivity contribution in [1.82, 2.24) is 25.3 Å². The number of hydrogen-bond donors (Lipinski definition) is 2. The number of aliphatic imine (C=N–C) groups is 1. The van der Waals surface area contributed by atoms with Gasteiger partial charge in [0.2, 0.25) is 0 Å². The van der Waals surface area contributed by atoms with E-state index in [0.29, 0.717) is 5.92 Å². The molecule has 1 aromatic heterocycles. The van der Waals surface area contributed by atoms with Gasteiger partial charge in [0, 0.05) is 33.4 Å². The van der Waals surface area contributed by atoms with Gasteiger partial charge < -0.3 is 15.5 Å². The van der Waals surface area contributed by atoms with Gasteiger partial charge in [-0.3, -0.25) is 9.67 Å². The van der Waals surface area contributed by atoms with Crippen LogP contribution in [0, 0.1) is 5.92 Å². The standard InChI is InChI=1S/C14H26N6/c1-15-14(17-10-13-6-7-18-20(13)3)16-9-12-5-4-8-19(2)11-12/h6-7,12H,4-5,8-11H2,1-3H3,(H2,15,16,17). The summed E-state index contributed by atoms with van der Waals surface area (Å²) in [6.45, 7) is 4.12. The van der Waals surface area contributed by atoms with E-state index in [1.807, 2.05) is 31.0 Å². The molecule has 0 aliphatic carbocycles. The topological polar surface area (TPSA) is 57.5 Å². The number of guanidine groups is 1. The molecule has 20 heavy (non-hydrogen) atoms. The summed E-state index contributed by atoms with van der Waals surface area (Å²) in [5.41, 5.74) is 1.14. The summed E-state index contributed by atoms with van der Waals surface area (Å²) in [5, 5.41) is 10.9. The van der Waals surface area contributed by atoms with Crippen molar-refractivity contribution in [3.63, 3.8) is 0 Å². The fourth-order valence-corrected chi connectivity index (χ4v) is 2.65. The number of piperidine rings is 1. The normalized spacial score (nSPS) is 20.9. The molecule has 1 saturated heterocycles. The first-order chi connectivity index (χ1) is 9.69. The third-order valence-electron chi connectivity index (χ3n) is 3.86. The van der Waals surface area contributed by atoms with E-state index in [2.05, 4.69) is 32.7 Å². The predicted octanol–water partition coefficient (Wildman–Crippen LogP) is 0.427. The third kappa shape index (κ3) is 4.23. The van der Waals surface area contributed by atoms with Crippen LogP contribution in [-0.4, -0.2) is 54.4 Å². The average molecular weight is 278 g/mol. The maximum Gasteiger partial charge on any atom is 0.191 e. The molecule has 1 atom stereocenters. The number of aryl methyl sites for hydroxylation is 1. The quantitative estimate of drug-likeness (QED) is 0.619. The highest BCUT2D eigenvalue weighted by atomic mass is 15.3. The molecule has 0 saturated carbocycles. The van der Waals surface area contributed by atoms with Gasteiger partial charge in [-0.15, -0.1) is 0 Å². The summed E-state index contributed by atoms with van der Waals surface area (Å²) in [6, 6.07) is 2.01. The molecule has 0 amide bonds. The zero-order valence-electron chi connectivity index (χ0n) is 12.8. The summed E-state index contributed by atoms with van der Waals surface area (Å²) in [7, 11) is 5.96. The number of nitrogens with zero attached hydrogens (tertiary/aromatic N) is 4. The first-order valence-electron chi connectivity index (χ1n) is 7.29. The second kappa shape index (κ2) is 7.28. The minimum atomic E-state index is 0.712. The SMILES string of the molecule is CN=C(NCc1ccnn1C)NCC1CCCN(C)C1. The van der Waals surface area contributed by atoms with Gasteiger partial charge >= 0.3 is 0 Å². The van der Waals surface area contributed by atoms with Gasteiger partial charge in [-0.05, 0) is 38.4 Å². The Kier molecular flexibility index (Phi) is 5.40. The Bertz CT molecular complexity index is 439. The molecule has 6 nitrogen and oxygen atoms in total. The second-order valence-corrected chi connectivity index (χ2v) is 5.52. The van der Waals surface area contributed by atoms with E-state index in [9.17, 15) is 0 Å². The Labute approximate surface area is 121 Å². The average Bonchev–Trinajstić information content (AvgIpc) is 2.85. The Morgan fingerprint density at radius 1 is 1.45 bits per heavy atom. The summed E-state index contributed by atoms with van der Waals surface area (Å²) in [4.78, 5) is 6.68. The molecular weight excluding hydrogens is 252 g/mol. The van der Waals surface area contributed by atoms with Crippen LogP contribution in [0.3, 0.4) is 0 Å². The molecule has 0 aromatic carbocycles. The van der Waals surface area contributed by atoms with Gasteiger partial charge in [0.05, 0.1) is 12.2 Å². The first-order valence-corrected chi connectivity index (χ1v) is 7.29. The van der Waals surface area contributed by atoms with Crippen molar-refractivity contribution in [1.29, 1.82) is 0 Å². The molecule has 2 rings (SSSR count). The van der Waals surface area contributed by atoms with Gasteiger partial charge in [-0.25, -0.2) is 0 Å². The lowest BCUT2D eigenvalue weighted by molar-refractivity contribution is 0.210. The first kappa shape index (κ1) is 14.8. The minimum absolute atomic E-state index is 0.712. The number of rotatable bonds is 4. The van der Waals surface area contributed by atoms with Crippen molar-refractivity contribution in [2.45, 2.75) is 19.4 Å². The smallest absolute Gasteiger partial charge is 0.191 e. The van der Waals surface area contributed by atoms with Gasteiger partial charge in [0.15, 0.2) is 5.96 Å². The van der Waals surface area contributed by atoms with Crippen molar-refractivity contribution in [2.75, 3.05) is 33.7 Å². The van der Waals surface area contributed by atoms with Crippen LogP contribution in [0.4, 0.5) is 0 Å². The Morgan fingerprint density at radius 2 is 2.30 bits per heavy atom. The molecule has 2 heterocycles. The molecule has 1 aliphatic heterocycles. The molecule has 6 heteroatoms. The van der Waals surface area contributed by atoms with E-state index in [-0.39, 0.29) is 0 Å². The zero-order chi connectivity index (χ0) is 14.4. The fourth-order valence-electron chi connectivity index (χ4n) is 2.65. The van der Waals surface area contributed by atoms with Crippen LogP contribution in [0.2, 0.25) is 0 Å². The van der Waals surface area contributed by atoms with Crippen molar-refractivity contribution >= 4 is 5.96 Å². The van der Waals surface area contributed by atoms with Crippen LogP contribution in [0.25, 0.3) is 0 Å². The summed E-state index contributed by atoms with van der Waals surface area (Å²) < 4.78 is 1.87. The molecule has 0 spiro atoms. The zero-order valence-corrected chi connectivity index (χ0v) is 12.8. The van der Waals surface area contributed by atoms with E-state index in [0.717, 1.165) is 24.7 Å². The lowest BCUT2D eigenvalue weighted by Crippen LogP contribution is -2.43. The second-order valence-electron chi connectivity index (χ2n) is 5.52. The largest absolute Gasteiger partial charge is 0.356 e. The highest BCUT2D eigenvalue weighted by molar-refractivity contribution is 5.79. The lowest BCUT2D eigenvalue weighted by Gasteiger charge is -2.30. The lowest BCUT2D eigenvalue weighted by atomic mass is 9.99. The van der Waals surface area contributed by atoms with Crippen LogP contribution in [-0.2, 0) is 13.6 Å². The number of hydrogen-bond acceptors (Lipinski definition) is 3. The fraction of sp³-hybridized carbons (Fsp3) is 0.714. The van der Waals surface area contributed by atoms with Crippen LogP contribution < -0.4 is 10.6 Å². The van der Waals surface area contributed by atoms with Crippen LogP contribution in [0.1, 0.15) is 18.5 Å². The predicted molar refractivity (Wildman–Crippen MR) is 81.6 cm³/mol. The van der Waals surface area contributed by atoms with Crippen molar-refractivity contribution in [3.05, 3.63) is 18.0 Å². The Morgan fingerprint density at radius 3 is 2.95 bits per heavy atom. The van der Waals surface area contributed by atoms with Gasteiger partial charge in [-0.1, -0.05) is 0 Å². The van der Waals surface area contributed by atoms with Crippen molar-refractivity contribution < 1.29 is 0 Å². The monoisotopic (exact) mass is 278 g/mol. The van der Waals surface area contributed by atoms with Crippen molar-refractivity contribution in [3.8, 4) is 0 Å². The highest BCUT2D eigenvalue weighted by Gasteiger charge is 2.17. The molecule has 0 radical (unpaired) electrons. The van der Waals surface area contributed by atoms with Crippen LogP contribution in [0.15, 0.2) is 17.3 Å². The molecule has 2 N–H and O–H groups in total. The Balaban J connectivity index is 1.74. The van der Waals surface area contributed by atoms with E-state index >= 15 is 0 Å². The molecule has 1 aromatic rings. The molecule has 1 aliphatic rings. The number of aromatic nitrogens is 2. The molecule has 1 unspecified atom stereocenters. The van der Waals surface area contributed by atoms with Gasteiger partial charge in [0.25, 0.3) is 0 Å². The van der Waals surface area contributed by atoms with Gasteiger partial charge in [-0.2, -0.15) is 5.10 Å². The number of nitrogens with one attached hydrogen (secondary N) is 2.